The van der Waals surface area contributed by atoms with Crippen molar-refractivity contribution in [1.82, 2.24) is 9.78 Å². The van der Waals surface area contributed by atoms with Crippen LogP contribution in [0.2, 0.25) is 0 Å². The van der Waals surface area contributed by atoms with E-state index < -0.39 is 0 Å². The zero-order valence-corrected chi connectivity index (χ0v) is 9.18. The van der Waals surface area contributed by atoms with Crippen LogP contribution in [0.15, 0.2) is 35.1 Å². The first kappa shape index (κ1) is 9.92. The minimum Gasteiger partial charge on any atom is -0.508 e. The van der Waals surface area contributed by atoms with E-state index in [-0.39, 0.29) is 5.75 Å². The molecular formula is C10H7BrN2O2. The predicted molar refractivity (Wildman–Crippen MR) is 58.3 cm³/mol. The third-order valence-corrected chi connectivity index (χ3v) is 2.73. The lowest BCUT2D eigenvalue weighted by molar-refractivity contribution is 0.112. The van der Waals surface area contributed by atoms with Crippen molar-refractivity contribution in [3.8, 4) is 11.4 Å². The molecule has 2 rings (SSSR count). The Morgan fingerprint density at radius 2 is 2.27 bits per heavy atom. The molecule has 4 nitrogen and oxygen atoms in total. The third kappa shape index (κ3) is 1.78. The lowest BCUT2D eigenvalue weighted by Crippen LogP contribution is -1.96. The maximum absolute atomic E-state index is 10.6. The molecule has 0 atom stereocenters. The van der Waals surface area contributed by atoms with Crippen molar-refractivity contribution in [2.45, 2.75) is 0 Å². The fourth-order valence-electron chi connectivity index (χ4n) is 1.23. The van der Waals surface area contributed by atoms with Crippen LogP contribution >= 0.6 is 15.9 Å². The SMILES string of the molecule is O=Cc1cnn(-c2cccc(O)c2)c1Br. The van der Waals surface area contributed by atoms with E-state index in [4.69, 9.17) is 0 Å². The molecule has 0 aliphatic heterocycles. The third-order valence-electron chi connectivity index (χ3n) is 1.94. The number of phenols is 1. The Morgan fingerprint density at radius 3 is 2.87 bits per heavy atom. The number of aromatic nitrogens is 2. The van der Waals surface area contributed by atoms with E-state index in [9.17, 15) is 9.90 Å². The fourth-order valence-corrected chi connectivity index (χ4v) is 1.72. The van der Waals surface area contributed by atoms with Crippen molar-refractivity contribution >= 4 is 22.2 Å². The van der Waals surface area contributed by atoms with Gasteiger partial charge in [-0.05, 0) is 28.1 Å². The quantitative estimate of drug-likeness (QED) is 0.848. The van der Waals surface area contributed by atoms with Crippen LogP contribution in [-0.4, -0.2) is 21.2 Å². The van der Waals surface area contributed by atoms with Crippen LogP contribution in [0.1, 0.15) is 10.4 Å². The molecule has 0 radical (unpaired) electrons. The van der Waals surface area contributed by atoms with Gasteiger partial charge in [0.05, 0.1) is 17.4 Å². The molecule has 1 aromatic heterocycles. The molecule has 0 unspecified atom stereocenters. The van der Waals surface area contributed by atoms with Gasteiger partial charge in [0.15, 0.2) is 6.29 Å². The van der Waals surface area contributed by atoms with Crippen LogP contribution in [0.3, 0.4) is 0 Å². The monoisotopic (exact) mass is 266 g/mol. The Balaban J connectivity index is 2.54. The lowest BCUT2D eigenvalue weighted by atomic mass is 10.3. The van der Waals surface area contributed by atoms with E-state index in [1.165, 1.54) is 10.9 Å². The van der Waals surface area contributed by atoms with Gasteiger partial charge in [-0.2, -0.15) is 5.10 Å². The number of aldehydes is 1. The van der Waals surface area contributed by atoms with E-state index in [1.54, 1.807) is 24.3 Å². The molecule has 0 fully saturated rings. The summed E-state index contributed by atoms with van der Waals surface area (Å²) in [6.45, 7) is 0. The van der Waals surface area contributed by atoms with Crippen molar-refractivity contribution in [3.63, 3.8) is 0 Å². The summed E-state index contributed by atoms with van der Waals surface area (Å²) in [6.07, 6.45) is 2.18. The first-order chi connectivity index (χ1) is 7.22. The molecule has 1 N–H and O–H groups in total. The van der Waals surface area contributed by atoms with Crippen molar-refractivity contribution in [2.24, 2.45) is 0 Å². The van der Waals surface area contributed by atoms with Gasteiger partial charge in [0.25, 0.3) is 0 Å². The number of hydrogen-bond donors (Lipinski definition) is 1. The van der Waals surface area contributed by atoms with Gasteiger partial charge in [0.2, 0.25) is 0 Å². The van der Waals surface area contributed by atoms with E-state index in [1.807, 2.05) is 0 Å². The molecule has 15 heavy (non-hydrogen) atoms. The number of halogens is 1. The molecule has 2 aromatic rings. The van der Waals surface area contributed by atoms with Gasteiger partial charge in [0.1, 0.15) is 10.4 Å². The number of carbonyl (C=O) groups excluding carboxylic acids is 1. The maximum Gasteiger partial charge on any atom is 0.154 e. The molecule has 1 aromatic carbocycles. The molecule has 5 heteroatoms. The number of benzene rings is 1. The molecule has 0 spiro atoms. The minimum atomic E-state index is 0.155. The van der Waals surface area contributed by atoms with Crippen molar-refractivity contribution < 1.29 is 9.90 Å². The highest BCUT2D eigenvalue weighted by Gasteiger charge is 2.08. The molecule has 0 saturated carbocycles. The van der Waals surface area contributed by atoms with Crippen LogP contribution in [0.25, 0.3) is 5.69 Å². The zero-order valence-electron chi connectivity index (χ0n) is 7.59. The summed E-state index contributed by atoms with van der Waals surface area (Å²) in [6, 6.07) is 6.62. The molecular weight excluding hydrogens is 260 g/mol. The van der Waals surface area contributed by atoms with E-state index >= 15 is 0 Å². The summed E-state index contributed by atoms with van der Waals surface area (Å²) >= 11 is 3.26. The Kier molecular flexibility index (Phi) is 2.55. The summed E-state index contributed by atoms with van der Waals surface area (Å²) < 4.78 is 2.10. The summed E-state index contributed by atoms with van der Waals surface area (Å²) in [4.78, 5) is 10.6. The topological polar surface area (TPSA) is 55.1 Å². The summed E-state index contributed by atoms with van der Waals surface area (Å²) in [5.41, 5.74) is 1.16. The average molecular weight is 267 g/mol. The number of nitrogens with zero attached hydrogens (tertiary/aromatic N) is 2. The first-order valence-electron chi connectivity index (χ1n) is 4.20. The highest BCUT2D eigenvalue weighted by atomic mass is 79.9. The molecule has 1 heterocycles. The summed E-state index contributed by atoms with van der Waals surface area (Å²) in [5.74, 6) is 0.155. The smallest absolute Gasteiger partial charge is 0.154 e. The minimum absolute atomic E-state index is 0.155. The second-order valence-electron chi connectivity index (χ2n) is 2.94. The highest BCUT2D eigenvalue weighted by molar-refractivity contribution is 9.10. The van der Waals surface area contributed by atoms with Gasteiger partial charge in [-0.3, -0.25) is 4.79 Å². The van der Waals surface area contributed by atoms with Crippen molar-refractivity contribution in [1.29, 1.82) is 0 Å². The first-order valence-corrected chi connectivity index (χ1v) is 5.00. The van der Waals surface area contributed by atoms with Gasteiger partial charge >= 0.3 is 0 Å². The normalized spacial score (nSPS) is 10.2. The second-order valence-corrected chi connectivity index (χ2v) is 3.69. The lowest BCUT2D eigenvalue weighted by Gasteiger charge is -2.03. The molecule has 0 saturated heterocycles. The Labute approximate surface area is 94.3 Å². The standard InChI is InChI=1S/C10H7BrN2O2/c11-10-7(6-14)5-12-13(10)8-2-1-3-9(15)4-8/h1-6,15H. The molecule has 0 amide bonds. The second kappa shape index (κ2) is 3.86. The van der Waals surface area contributed by atoms with Gasteiger partial charge in [-0.25, -0.2) is 4.68 Å². The predicted octanol–water partition coefficient (Wildman–Crippen LogP) is 2.15. The van der Waals surface area contributed by atoms with Gasteiger partial charge < -0.3 is 5.11 Å². The van der Waals surface area contributed by atoms with Crippen LogP contribution in [-0.2, 0) is 0 Å². The Hall–Kier alpha value is -1.62. The molecule has 0 aliphatic rings. The number of carbonyl (C=O) groups is 1. The van der Waals surface area contributed by atoms with Crippen molar-refractivity contribution in [3.05, 3.63) is 40.6 Å². The van der Waals surface area contributed by atoms with Gasteiger partial charge in [-0.1, -0.05) is 6.07 Å². The fraction of sp³-hybridized carbons (Fsp3) is 0. The van der Waals surface area contributed by atoms with E-state index in [2.05, 4.69) is 21.0 Å². The van der Waals surface area contributed by atoms with Gasteiger partial charge in [0, 0.05) is 6.07 Å². The van der Waals surface area contributed by atoms with Crippen LogP contribution in [0, 0.1) is 0 Å². The number of hydrogen-bond acceptors (Lipinski definition) is 3. The number of phenolic OH excluding ortho intramolecular Hbond substituents is 1. The summed E-state index contributed by atoms with van der Waals surface area (Å²) in [5, 5.41) is 13.3. The average Bonchev–Trinajstić information content (AvgIpc) is 2.59. The largest absolute Gasteiger partial charge is 0.508 e. The van der Waals surface area contributed by atoms with E-state index in [0.29, 0.717) is 15.9 Å². The number of rotatable bonds is 2. The van der Waals surface area contributed by atoms with Gasteiger partial charge in [-0.15, -0.1) is 0 Å². The highest BCUT2D eigenvalue weighted by Crippen LogP contribution is 2.21. The van der Waals surface area contributed by atoms with Crippen LogP contribution in [0.5, 0.6) is 5.75 Å². The van der Waals surface area contributed by atoms with Crippen LogP contribution < -0.4 is 0 Å². The molecule has 0 bridgehead atoms. The van der Waals surface area contributed by atoms with Crippen molar-refractivity contribution in [2.75, 3.05) is 0 Å². The Morgan fingerprint density at radius 1 is 1.47 bits per heavy atom. The molecule has 0 aliphatic carbocycles. The Bertz CT molecular complexity index is 508. The van der Waals surface area contributed by atoms with E-state index in [0.717, 1.165) is 6.29 Å². The zero-order chi connectivity index (χ0) is 10.8. The maximum atomic E-state index is 10.6. The molecule has 76 valence electrons. The van der Waals surface area contributed by atoms with Crippen LogP contribution in [0.4, 0.5) is 0 Å². The number of aromatic hydroxyl groups is 1. The summed E-state index contributed by atoms with van der Waals surface area (Å²) in [7, 11) is 0.